The molecule has 0 bridgehead atoms. The largest absolute Gasteiger partial charge is 0.477 e. The number of hydrogen-bond acceptors (Lipinski definition) is 5. The number of nitrogens with zero attached hydrogens (tertiary/aromatic N) is 2. The van der Waals surface area contributed by atoms with Crippen LogP contribution in [0.3, 0.4) is 0 Å². The van der Waals surface area contributed by atoms with Crippen molar-refractivity contribution in [2.45, 2.75) is 25.3 Å². The molecule has 25 heavy (non-hydrogen) atoms. The summed E-state index contributed by atoms with van der Waals surface area (Å²) in [6.45, 7) is 6.26. The molecular formula is C16H25N4O4S+. The molecule has 1 fully saturated rings. The number of carboxylic acids is 1. The first-order valence-corrected chi connectivity index (χ1v) is 9.28. The molecule has 2 heterocycles. The number of rotatable bonds is 8. The SMILES string of the molecule is CC[N+](CC)(C/C=C/C1=C(C(=O)O)N2C(=O)[C@@H](N)[C@@H]2SC1)CC(N)=O. The predicted molar refractivity (Wildman–Crippen MR) is 95.1 cm³/mol. The van der Waals surface area contributed by atoms with Crippen LogP contribution in [0.5, 0.6) is 0 Å². The van der Waals surface area contributed by atoms with E-state index in [1.54, 1.807) is 6.08 Å². The first-order chi connectivity index (χ1) is 11.8. The normalized spacial score (nSPS) is 23.6. The molecule has 2 atom stereocenters. The quantitative estimate of drug-likeness (QED) is 0.390. The van der Waals surface area contributed by atoms with Gasteiger partial charge in [-0.05, 0) is 25.5 Å². The molecule has 9 heteroatoms. The van der Waals surface area contributed by atoms with Crippen molar-refractivity contribution >= 4 is 29.5 Å². The van der Waals surface area contributed by atoms with Crippen LogP contribution in [0.25, 0.3) is 0 Å². The number of thioether (sulfide) groups is 1. The minimum Gasteiger partial charge on any atom is -0.477 e. The second kappa shape index (κ2) is 7.59. The molecule has 2 amide bonds. The standard InChI is InChI=1S/C16H24N4O4S/c1-3-20(4-2,8-11(17)21)7-5-6-10-9-25-15-12(18)14(22)19(15)13(10)16(23)24/h5-6,12,15H,3-4,7-9,18H2,1-2H3,(H2-,17,21,23,24)/p+1/b6-5+/t12-,15+/m1/s1. The molecule has 0 aromatic carbocycles. The Morgan fingerprint density at radius 1 is 1.40 bits per heavy atom. The van der Waals surface area contributed by atoms with Crippen molar-refractivity contribution in [3.63, 3.8) is 0 Å². The number of carboxylic acid groups (broad SMARTS) is 1. The number of aliphatic carboxylic acids is 1. The van der Waals surface area contributed by atoms with Gasteiger partial charge in [-0.2, -0.15) is 0 Å². The van der Waals surface area contributed by atoms with Gasteiger partial charge < -0.3 is 21.1 Å². The highest BCUT2D eigenvalue weighted by molar-refractivity contribution is 8.00. The minimum atomic E-state index is -1.13. The number of quaternary nitrogens is 1. The lowest BCUT2D eigenvalue weighted by molar-refractivity contribution is -0.911. The van der Waals surface area contributed by atoms with Crippen LogP contribution in [-0.4, -0.2) is 75.6 Å². The summed E-state index contributed by atoms with van der Waals surface area (Å²) in [5.74, 6) is -1.37. The zero-order chi connectivity index (χ0) is 18.8. The Bertz CT molecular complexity index is 642. The van der Waals surface area contributed by atoms with E-state index in [2.05, 4.69) is 0 Å². The molecule has 138 valence electrons. The second-order valence-electron chi connectivity index (χ2n) is 6.30. The van der Waals surface area contributed by atoms with Crippen LogP contribution < -0.4 is 11.5 Å². The molecule has 0 aromatic heterocycles. The summed E-state index contributed by atoms with van der Waals surface area (Å²) in [6, 6.07) is -0.634. The van der Waals surface area contributed by atoms with E-state index in [-0.39, 0.29) is 29.4 Å². The second-order valence-corrected chi connectivity index (χ2v) is 7.40. The number of carbonyl (C=O) groups excluding carboxylic acids is 2. The summed E-state index contributed by atoms with van der Waals surface area (Å²) >= 11 is 1.46. The Balaban J connectivity index is 2.21. The summed E-state index contributed by atoms with van der Waals surface area (Å²) in [6.07, 6.45) is 3.60. The van der Waals surface area contributed by atoms with Crippen LogP contribution in [0, 0.1) is 0 Å². The highest BCUT2D eigenvalue weighted by Crippen LogP contribution is 2.39. The lowest BCUT2D eigenvalue weighted by Gasteiger charge is -2.47. The number of amides is 2. The first kappa shape index (κ1) is 19.5. The van der Waals surface area contributed by atoms with E-state index in [1.165, 1.54) is 16.7 Å². The van der Waals surface area contributed by atoms with Crippen LogP contribution in [0.4, 0.5) is 0 Å². The Morgan fingerprint density at radius 2 is 2.04 bits per heavy atom. The topological polar surface area (TPSA) is 127 Å². The Hall–Kier alpha value is -1.84. The monoisotopic (exact) mass is 369 g/mol. The number of fused-ring (bicyclic) bond motifs is 1. The third kappa shape index (κ3) is 3.73. The average Bonchev–Trinajstić information content (AvgIpc) is 2.58. The number of hydrogen-bond donors (Lipinski definition) is 3. The Labute approximate surface area is 151 Å². The Morgan fingerprint density at radius 3 is 2.56 bits per heavy atom. The van der Waals surface area contributed by atoms with E-state index in [1.807, 2.05) is 19.9 Å². The van der Waals surface area contributed by atoms with Crippen LogP contribution in [0.15, 0.2) is 23.4 Å². The molecule has 2 aliphatic rings. The van der Waals surface area contributed by atoms with Gasteiger partial charge in [0.1, 0.15) is 17.1 Å². The highest BCUT2D eigenvalue weighted by atomic mass is 32.2. The van der Waals surface area contributed by atoms with Gasteiger partial charge in [-0.3, -0.25) is 14.5 Å². The van der Waals surface area contributed by atoms with Gasteiger partial charge in [0.15, 0.2) is 6.54 Å². The summed E-state index contributed by atoms with van der Waals surface area (Å²) in [7, 11) is 0. The maximum atomic E-state index is 11.9. The summed E-state index contributed by atoms with van der Waals surface area (Å²) in [5.41, 5.74) is 11.7. The van der Waals surface area contributed by atoms with Gasteiger partial charge in [-0.15, -0.1) is 11.8 Å². The molecular weight excluding hydrogens is 344 g/mol. The third-order valence-electron chi connectivity index (χ3n) is 4.89. The predicted octanol–water partition coefficient (Wildman–Crippen LogP) is -0.534. The van der Waals surface area contributed by atoms with E-state index >= 15 is 0 Å². The van der Waals surface area contributed by atoms with Crippen LogP contribution in [0.1, 0.15) is 13.8 Å². The minimum absolute atomic E-state index is 0.00713. The van der Waals surface area contributed by atoms with Gasteiger partial charge in [0.05, 0.1) is 19.6 Å². The fraction of sp³-hybridized carbons (Fsp3) is 0.562. The number of nitrogens with two attached hydrogens (primary N) is 2. The maximum absolute atomic E-state index is 11.9. The van der Waals surface area contributed by atoms with Crippen LogP contribution >= 0.6 is 11.8 Å². The van der Waals surface area contributed by atoms with E-state index < -0.39 is 12.0 Å². The molecule has 1 saturated heterocycles. The number of β-lactam (4-membered cyclic amide) rings is 1. The Kier molecular flexibility index (Phi) is 5.91. The van der Waals surface area contributed by atoms with Crippen molar-refractivity contribution in [1.29, 1.82) is 0 Å². The van der Waals surface area contributed by atoms with Gasteiger partial charge in [0.2, 0.25) is 5.91 Å². The molecule has 0 radical (unpaired) electrons. The third-order valence-corrected chi connectivity index (χ3v) is 6.21. The zero-order valence-corrected chi connectivity index (χ0v) is 15.3. The molecule has 0 spiro atoms. The maximum Gasteiger partial charge on any atom is 0.352 e. The van der Waals surface area contributed by atoms with Crippen LogP contribution in [0.2, 0.25) is 0 Å². The van der Waals surface area contributed by atoms with Gasteiger partial charge in [-0.25, -0.2) is 4.79 Å². The highest BCUT2D eigenvalue weighted by Gasteiger charge is 2.51. The molecule has 8 nitrogen and oxygen atoms in total. The van der Waals surface area contributed by atoms with Gasteiger partial charge >= 0.3 is 5.97 Å². The van der Waals surface area contributed by atoms with Crippen molar-refractivity contribution in [3.05, 3.63) is 23.4 Å². The van der Waals surface area contributed by atoms with Gasteiger partial charge in [0.25, 0.3) is 5.91 Å². The fourth-order valence-electron chi connectivity index (χ4n) is 3.19. The smallest absolute Gasteiger partial charge is 0.352 e. The molecule has 5 N–H and O–H groups in total. The van der Waals surface area contributed by atoms with E-state index in [4.69, 9.17) is 11.5 Å². The number of carbonyl (C=O) groups is 3. The lowest BCUT2D eigenvalue weighted by atomic mass is 10.0. The van der Waals surface area contributed by atoms with Crippen molar-refractivity contribution in [2.75, 3.05) is 31.9 Å². The number of likely N-dealkylation sites (N-methyl/N-ethyl adjacent to an activating group) is 1. The van der Waals surface area contributed by atoms with Crippen LogP contribution in [-0.2, 0) is 14.4 Å². The number of primary amides is 1. The van der Waals surface area contributed by atoms with Gasteiger partial charge in [0, 0.05) is 5.75 Å². The molecule has 2 rings (SSSR count). The molecule has 0 saturated carbocycles. The van der Waals surface area contributed by atoms with E-state index in [0.29, 0.717) is 22.4 Å². The molecule has 0 aromatic rings. The lowest BCUT2D eigenvalue weighted by Crippen LogP contribution is -2.68. The molecule has 2 aliphatic heterocycles. The fourth-order valence-corrected chi connectivity index (χ4v) is 4.45. The molecule has 0 unspecified atom stereocenters. The van der Waals surface area contributed by atoms with E-state index in [9.17, 15) is 19.5 Å². The van der Waals surface area contributed by atoms with E-state index in [0.717, 1.165) is 13.1 Å². The van der Waals surface area contributed by atoms with Crippen molar-refractivity contribution in [1.82, 2.24) is 4.90 Å². The average molecular weight is 369 g/mol. The summed E-state index contributed by atoms with van der Waals surface area (Å²) < 4.78 is 0.505. The molecule has 0 aliphatic carbocycles. The van der Waals surface area contributed by atoms with Gasteiger partial charge in [-0.1, -0.05) is 6.08 Å². The zero-order valence-electron chi connectivity index (χ0n) is 14.5. The number of allylic oxidation sites excluding steroid dienone is 1. The first-order valence-electron chi connectivity index (χ1n) is 8.23. The van der Waals surface area contributed by atoms with Crippen molar-refractivity contribution < 1.29 is 24.0 Å². The van der Waals surface area contributed by atoms with Crippen molar-refractivity contribution in [3.8, 4) is 0 Å². The summed E-state index contributed by atoms with van der Waals surface area (Å²) in [4.78, 5) is 36.1. The summed E-state index contributed by atoms with van der Waals surface area (Å²) in [5, 5.41) is 9.21. The van der Waals surface area contributed by atoms with Crippen molar-refractivity contribution in [2.24, 2.45) is 11.5 Å².